The molecule has 0 radical (unpaired) electrons. The van der Waals surface area contributed by atoms with Crippen LogP contribution in [0.4, 0.5) is 0 Å². The molecule has 2 aliphatic rings. The number of allylic oxidation sites excluding steroid dienone is 1. The van der Waals surface area contributed by atoms with Crippen LogP contribution in [0.25, 0.3) is 0 Å². The summed E-state index contributed by atoms with van der Waals surface area (Å²) in [6.45, 7) is 6.87. The average molecular weight is 251 g/mol. The predicted octanol–water partition coefficient (Wildman–Crippen LogP) is 2.90. The topological polar surface area (TPSA) is 29.5 Å². The van der Waals surface area contributed by atoms with Crippen molar-refractivity contribution < 1.29 is 9.53 Å². The Hall–Kier alpha value is -0.830. The number of hydrogen-bond acceptors (Lipinski definition) is 3. The molecule has 1 aliphatic heterocycles. The fraction of sp³-hybridized carbons (Fsp3) is 0.800. The summed E-state index contributed by atoms with van der Waals surface area (Å²) in [4.78, 5) is 15.2. The summed E-state index contributed by atoms with van der Waals surface area (Å²) in [5, 5.41) is 0. The maximum Gasteiger partial charge on any atom is 0.217 e. The van der Waals surface area contributed by atoms with Crippen molar-refractivity contribution in [2.45, 2.75) is 57.9 Å². The molecule has 3 heteroatoms. The van der Waals surface area contributed by atoms with Gasteiger partial charge in [-0.05, 0) is 44.8 Å². The van der Waals surface area contributed by atoms with E-state index >= 15 is 0 Å². The molecule has 0 bridgehead atoms. The Morgan fingerprint density at radius 3 is 2.44 bits per heavy atom. The zero-order valence-electron chi connectivity index (χ0n) is 11.7. The minimum absolute atomic E-state index is 0.239. The highest BCUT2D eigenvalue weighted by Gasteiger charge is 2.46. The highest BCUT2D eigenvalue weighted by Crippen LogP contribution is 2.38. The Morgan fingerprint density at radius 2 is 1.94 bits per heavy atom. The van der Waals surface area contributed by atoms with Crippen LogP contribution in [-0.2, 0) is 9.53 Å². The second kappa shape index (κ2) is 5.87. The van der Waals surface area contributed by atoms with Gasteiger partial charge < -0.3 is 4.74 Å². The Balaban J connectivity index is 2.23. The van der Waals surface area contributed by atoms with E-state index in [1.165, 1.54) is 0 Å². The fourth-order valence-corrected chi connectivity index (χ4v) is 3.42. The van der Waals surface area contributed by atoms with Crippen molar-refractivity contribution in [1.29, 1.82) is 0 Å². The Kier molecular flexibility index (Phi) is 4.44. The fourth-order valence-electron chi connectivity index (χ4n) is 3.42. The first-order valence-electron chi connectivity index (χ1n) is 7.37. The van der Waals surface area contributed by atoms with E-state index in [9.17, 15) is 4.79 Å². The van der Waals surface area contributed by atoms with Gasteiger partial charge in [0, 0.05) is 0 Å². The molecule has 0 aromatic heterocycles. The monoisotopic (exact) mass is 251 g/mol. The first-order valence-corrected chi connectivity index (χ1v) is 7.37. The predicted molar refractivity (Wildman–Crippen MR) is 72.4 cm³/mol. The molecule has 0 atom stereocenters. The third-order valence-electron chi connectivity index (χ3n) is 4.38. The molecule has 0 aromatic carbocycles. The summed E-state index contributed by atoms with van der Waals surface area (Å²) in [6, 6.07) is 0. The molecule has 0 N–H and O–H groups in total. The number of rotatable bonds is 5. The van der Waals surface area contributed by atoms with Gasteiger partial charge in [-0.3, -0.25) is 9.69 Å². The maximum absolute atomic E-state index is 12.8. The lowest BCUT2D eigenvalue weighted by molar-refractivity contribution is -0.131. The van der Waals surface area contributed by atoms with Gasteiger partial charge in [-0.2, -0.15) is 0 Å². The number of carbonyl (C=O) groups excluding carboxylic acids is 1. The smallest absolute Gasteiger partial charge is 0.217 e. The normalized spacial score (nSPS) is 22.7. The average Bonchev–Trinajstić information content (AvgIpc) is 2.91. The van der Waals surface area contributed by atoms with Crippen molar-refractivity contribution in [1.82, 2.24) is 4.90 Å². The van der Waals surface area contributed by atoms with Crippen LogP contribution in [0, 0.1) is 0 Å². The lowest BCUT2D eigenvalue weighted by Crippen LogP contribution is -2.53. The Bertz CT molecular complexity index is 325. The molecule has 18 heavy (non-hydrogen) atoms. The van der Waals surface area contributed by atoms with Gasteiger partial charge in [0.1, 0.15) is 0 Å². The van der Waals surface area contributed by atoms with Gasteiger partial charge in [-0.1, -0.05) is 26.7 Å². The minimum Gasteiger partial charge on any atom is -0.490 e. The number of Topliss-reactive ketones (excluding diaryl/α,β-unsaturated/α-hetero) is 1. The van der Waals surface area contributed by atoms with Crippen LogP contribution in [0.3, 0.4) is 0 Å². The third-order valence-corrected chi connectivity index (χ3v) is 4.38. The summed E-state index contributed by atoms with van der Waals surface area (Å²) in [7, 11) is 0. The lowest BCUT2D eigenvalue weighted by Gasteiger charge is -2.39. The molecule has 0 aromatic rings. The summed E-state index contributed by atoms with van der Waals surface area (Å²) in [6.07, 6.45) is 8.33. The van der Waals surface area contributed by atoms with Crippen LogP contribution >= 0.6 is 0 Å². The second-order valence-corrected chi connectivity index (χ2v) is 5.30. The van der Waals surface area contributed by atoms with Gasteiger partial charge in [-0.25, -0.2) is 0 Å². The van der Waals surface area contributed by atoms with Crippen LogP contribution in [0.1, 0.15) is 52.4 Å². The van der Waals surface area contributed by atoms with E-state index in [0.717, 1.165) is 51.6 Å². The number of ether oxygens (including phenoxy) is 1. The molecule has 0 spiro atoms. The minimum atomic E-state index is -0.271. The first-order chi connectivity index (χ1) is 8.74. The molecular weight excluding hydrogens is 226 g/mol. The quantitative estimate of drug-likeness (QED) is 0.752. The van der Waals surface area contributed by atoms with Crippen LogP contribution in [0.5, 0.6) is 0 Å². The van der Waals surface area contributed by atoms with Crippen LogP contribution in [0.15, 0.2) is 11.8 Å². The van der Waals surface area contributed by atoms with Crippen molar-refractivity contribution in [2.24, 2.45) is 0 Å². The molecular formula is C15H25NO2. The van der Waals surface area contributed by atoms with E-state index in [0.29, 0.717) is 12.4 Å². The molecule has 2 rings (SSSR count). The van der Waals surface area contributed by atoms with Crippen molar-refractivity contribution >= 4 is 5.78 Å². The number of ketones is 1. The van der Waals surface area contributed by atoms with E-state index < -0.39 is 0 Å². The van der Waals surface area contributed by atoms with Crippen LogP contribution in [-0.4, -0.2) is 35.9 Å². The highest BCUT2D eigenvalue weighted by atomic mass is 16.5. The maximum atomic E-state index is 12.8. The summed E-state index contributed by atoms with van der Waals surface area (Å²) >= 11 is 0. The molecule has 1 aliphatic carbocycles. The molecule has 0 unspecified atom stereocenters. The van der Waals surface area contributed by atoms with Crippen LogP contribution in [0.2, 0.25) is 0 Å². The van der Waals surface area contributed by atoms with Crippen LogP contribution < -0.4 is 0 Å². The van der Waals surface area contributed by atoms with Gasteiger partial charge in [0.15, 0.2) is 5.76 Å². The van der Waals surface area contributed by atoms with Gasteiger partial charge in [0.05, 0.1) is 12.1 Å². The molecule has 0 saturated heterocycles. The van der Waals surface area contributed by atoms with E-state index in [-0.39, 0.29) is 11.3 Å². The molecule has 1 heterocycles. The van der Waals surface area contributed by atoms with Gasteiger partial charge in [0.25, 0.3) is 0 Å². The van der Waals surface area contributed by atoms with Crippen molar-refractivity contribution in [3.05, 3.63) is 11.8 Å². The number of carbonyl (C=O) groups is 1. The summed E-state index contributed by atoms with van der Waals surface area (Å²) < 4.78 is 5.60. The van der Waals surface area contributed by atoms with E-state index in [4.69, 9.17) is 4.74 Å². The van der Waals surface area contributed by atoms with Crippen molar-refractivity contribution in [2.75, 3.05) is 19.7 Å². The van der Waals surface area contributed by atoms with E-state index in [1.807, 2.05) is 6.08 Å². The van der Waals surface area contributed by atoms with E-state index in [1.54, 1.807) is 0 Å². The number of hydrogen-bond donors (Lipinski definition) is 0. The van der Waals surface area contributed by atoms with Gasteiger partial charge in [-0.15, -0.1) is 0 Å². The molecule has 1 fully saturated rings. The molecule has 3 nitrogen and oxygen atoms in total. The van der Waals surface area contributed by atoms with Gasteiger partial charge in [0.2, 0.25) is 5.78 Å². The Morgan fingerprint density at radius 1 is 1.28 bits per heavy atom. The number of likely N-dealkylation sites (N-methyl/N-ethyl adjacent to an activating group) is 1. The van der Waals surface area contributed by atoms with E-state index in [2.05, 4.69) is 18.7 Å². The standard InChI is InChI=1S/C15H25NO2/c1-3-16(4-2)15(10-6-7-11-15)14(17)13-9-5-8-12-18-13/h9H,3-8,10-12H2,1-2H3. The second-order valence-electron chi connectivity index (χ2n) is 5.30. The zero-order valence-corrected chi connectivity index (χ0v) is 11.7. The van der Waals surface area contributed by atoms with Gasteiger partial charge >= 0.3 is 0 Å². The zero-order chi connectivity index (χ0) is 13.0. The summed E-state index contributed by atoms with van der Waals surface area (Å²) in [5.41, 5.74) is -0.271. The SMILES string of the molecule is CCN(CC)C1(C(=O)C2=CCCCO2)CCCC1. The Labute approximate surface area is 110 Å². The molecule has 102 valence electrons. The lowest BCUT2D eigenvalue weighted by atomic mass is 9.87. The molecule has 1 saturated carbocycles. The third kappa shape index (κ3) is 2.33. The largest absolute Gasteiger partial charge is 0.490 e. The number of nitrogens with zero attached hydrogens (tertiary/aromatic N) is 1. The summed E-state index contributed by atoms with van der Waals surface area (Å²) in [5.74, 6) is 0.874. The highest BCUT2D eigenvalue weighted by molar-refractivity contribution is 6.01. The van der Waals surface area contributed by atoms with Crippen molar-refractivity contribution in [3.63, 3.8) is 0 Å². The van der Waals surface area contributed by atoms with Crippen molar-refractivity contribution in [3.8, 4) is 0 Å². The first kappa shape index (κ1) is 13.6. The molecule has 0 amide bonds.